The van der Waals surface area contributed by atoms with Gasteiger partial charge >= 0.3 is 0 Å². The van der Waals surface area contributed by atoms with E-state index in [2.05, 4.69) is 28.5 Å². The Morgan fingerprint density at radius 3 is 2.95 bits per heavy atom. The van der Waals surface area contributed by atoms with Crippen molar-refractivity contribution in [3.8, 4) is 6.07 Å². The topological polar surface area (TPSA) is 74.2 Å². The summed E-state index contributed by atoms with van der Waals surface area (Å²) in [6.45, 7) is 0.496. The minimum atomic E-state index is 0.403. The summed E-state index contributed by atoms with van der Waals surface area (Å²) >= 11 is 1.45. The normalized spacial score (nSPS) is 13.8. The van der Waals surface area contributed by atoms with Crippen molar-refractivity contribution in [3.63, 3.8) is 0 Å². The van der Waals surface area contributed by atoms with E-state index < -0.39 is 0 Å². The van der Waals surface area contributed by atoms with Crippen molar-refractivity contribution in [1.82, 2.24) is 0 Å². The maximum Gasteiger partial charge on any atom is 0.193 e. The van der Waals surface area contributed by atoms with Gasteiger partial charge < -0.3 is 11.1 Å². The lowest BCUT2D eigenvalue weighted by Gasteiger charge is -2.07. The summed E-state index contributed by atoms with van der Waals surface area (Å²) in [4.78, 5) is 6.05. The summed E-state index contributed by atoms with van der Waals surface area (Å²) in [5.74, 6) is 0.403. The standard InChI is InChI=1S/C16H16N4S/c17-9-14-6-7-15(21-14)10-19-16(18)20-13-5-4-11-2-1-3-12(11)8-13/h4-8H,1-3,10H2,(H3,18,19,20). The number of benzene rings is 1. The summed E-state index contributed by atoms with van der Waals surface area (Å²) in [6.07, 6.45) is 3.56. The van der Waals surface area contributed by atoms with Crippen LogP contribution >= 0.6 is 11.3 Å². The van der Waals surface area contributed by atoms with Crippen LogP contribution in [0.15, 0.2) is 35.3 Å². The molecule has 1 aliphatic rings. The number of nitrogens with zero attached hydrogens (tertiary/aromatic N) is 2. The number of rotatable bonds is 3. The molecule has 1 aliphatic carbocycles. The quantitative estimate of drug-likeness (QED) is 0.675. The number of guanidine groups is 1. The van der Waals surface area contributed by atoms with Gasteiger partial charge in [-0.3, -0.25) is 0 Å². The van der Waals surface area contributed by atoms with Gasteiger partial charge in [0.05, 0.1) is 6.54 Å². The number of nitrogens with two attached hydrogens (primary N) is 1. The fourth-order valence-electron chi connectivity index (χ4n) is 2.52. The summed E-state index contributed by atoms with van der Waals surface area (Å²) in [6, 6.07) is 12.2. The van der Waals surface area contributed by atoms with Gasteiger partial charge in [0.25, 0.3) is 0 Å². The van der Waals surface area contributed by atoms with Crippen LogP contribution in [0, 0.1) is 11.3 Å². The molecule has 1 aromatic heterocycles. The van der Waals surface area contributed by atoms with Crippen LogP contribution in [0.4, 0.5) is 5.69 Å². The maximum atomic E-state index is 8.79. The fourth-order valence-corrected chi connectivity index (χ4v) is 3.25. The molecule has 0 fully saturated rings. The average molecular weight is 296 g/mol. The average Bonchev–Trinajstić information content (AvgIpc) is 3.13. The minimum Gasteiger partial charge on any atom is -0.370 e. The molecule has 3 rings (SSSR count). The summed E-state index contributed by atoms with van der Waals surface area (Å²) in [5.41, 5.74) is 9.75. The molecular formula is C16H16N4S. The Balaban J connectivity index is 1.64. The van der Waals surface area contributed by atoms with Crippen molar-refractivity contribution in [2.45, 2.75) is 25.8 Å². The van der Waals surface area contributed by atoms with Crippen LogP contribution in [0.25, 0.3) is 0 Å². The monoisotopic (exact) mass is 296 g/mol. The van der Waals surface area contributed by atoms with Crippen molar-refractivity contribution < 1.29 is 0 Å². The van der Waals surface area contributed by atoms with Gasteiger partial charge in [-0.15, -0.1) is 11.3 Å². The van der Waals surface area contributed by atoms with Crippen molar-refractivity contribution in [2.75, 3.05) is 5.32 Å². The second-order valence-electron chi connectivity index (χ2n) is 5.04. The Morgan fingerprint density at radius 1 is 1.29 bits per heavy atom. The van der Waals surface area contributed by atoms with E-state index in [-0.39, 0.29) is 0 Å². The maximum absolute atomic E-state index is 8.79. The molecule has 4 nitrogen and oxygen atoms in total. The first-order valence-electron chi connectivity index (χ1n) is 6.92. The van der Waals surface area contributed by atoms with Gasteiger partial charge in [-0.1, -0.05) is 6.07 Å². The molecule has 1 heterocycles. The molecule has 0 bridgehead atoms. The third-order valence-corrected chi connectivity index (χ3v) is 4.52. The van der Waals surface area contributed by atoms with E-state index in [9.17, 15) is 0 Å². The molecule has 0 radical (unpaired) electrons. The zero-order valence-electron chi connectivity index (χ0n) is 11.6. The largest absolute Gasteiger partial charge is 0.370 e. The first-order valence-corrected chi connectivity index (χ1v) is 7.74. The number of anilines is 1. The molecule has 0 unspecified atom stereocenters. The molecule has 0 amide bonds. The molecule has 21 heavy (non-hydrogen) atoms. The van der Waals surface area contributed by atoms with Gasteiger partial charge in [0.1, 0.15) is 10.9 Å². The van der Waals surface area contributed by atoms with E-state index in [1.54, 1.807) is 6.07 Å². The molecule has 3 N–H and O–H groups in total. The molecule has 0 saturated carbocycles. The van der Waals surface area contributed by atoms with Crippen LogP contribution < -0.4 is 11.1 Å². The number of hydrogen-bond donors (Lipinski definition) is 2. The Hall–Kier alpha value is -2.32. The second kappa shape index (κ2) is 5.98. The SMILES string of the molecule is N#Cc1ccc(CN=C(N)Nc2ccc3c(c2)CCC3)s1. The molecule has 106 valence electrons. The minimum absolute atomic E-state index is 0.403. The first kappa shape index (κ1) is 13.7. The van der Waals surface area contributed by atoms with Gasteiger partial charge in [-0.25, -0.2) is 4.99 Å². The Kier molecular flexibility index (Phi) is 3.89. The molecular weight excluding hydrogens is 280 g/mol. The van der Waals surface area contributed by atoms with Crippen LogP contribution in [-0.2, 0) is 19.4 Å². The van der Waals surface area contributed by atoms with Crippen LogP contribution in [0.1, 0.15) is 27.3 Å². The van der Waals surface area contributed by atoms with Gasteiger partial charge in [-0.2, -0.15) is 5.26 Å². The Labute approximate surface area is 127 Å². The van der Waals surface area contributed by atoms with Gasteiger partial charge in [0.2, 0.25) is 0 Å². The third kappa shape index (κ3) is 3.23. The molecule has 1 aromatic carbocycles. The molecule has 0 atom stereocenters. The van der Waals surface area contributed by atoms with Crippen molar-refractivity contribution in [3.05, 3.63) is 51.2 Å². The predicted molar refractivity (Wildman–Crippen MR) is 86.5 cm³/mol. The van der Waals surface area contributed by atoms with Crippen LogP contribution in [0.5, 0.6) is 0 Å². The van der Waals surface area contributed by atoms with E-state index in [0.29, 0.717) is 17.4 Å². The highest BCUT2D eigenvalue weighted by Crippen LogP contribution is 2.24. The van der Waals surface area contributed by atoms with Gasteiger partial charge in [0, 0.05) is 10.6 Å². The number of nitrogens with one attached hydrogen (secondary N) is 1. The lowest BCUT2D eigenvalue weighted by atomic mass is 10.1. The highest BCUT2D eigenvalue weighted by atomic mass is 32.1. The van der Waals surface area contributed by atoms with Crippen LogP contribution in [-0.4, -0.2) is 5.96 Å². The predicted octanol–water partition coefficient (Wildman–Crippen LogP) is 3.04. The highest BCUT2D eigenvalue weighted by molar-refractivity contribution is 7.12. The number of nitriles is 1. The van der Waals surface area contributed by atoms with Gasteiger partial charge in [-0.05, 0) is 54.7 Å². The lowest BCUT2D eigenvalue weighted by molar-refractivity contribution is 0.912. The lowest BCUT2D eigenvalue weighted by Crippen LogP contribution is -2.22. The molecule has 0 spiro atoms. The van der Waals surface area contributed by atoms with Crippen molar-refractivity contribution in [2.24, 2.45) is 10.7 Å². The van der Waals surface area contributed by atoms with E-state index in [1.165, 1.54) is 35.3 Å². The van der Waals surface area contributed by atoms with Crippen molar-refractivity contribution in [1.29, 1.82) is 5.26 Å². The van der Waals surface area contributed by atoms with Crippen LogP contribution in [0.3, 0.4) is 0 Å². The zero-order chi connectivity index (χ0) is 14.7. The van der Waals surface area contributed by atoms with Crippen LogP contribution in [0.2, 0.25) is 0 Å². The Bertz CT molecular complexity index is 724. The Morgan fingerprint density at radius 2 is 2.14 bits per heavy atom. The number of aliphatic imine (C=N–C) groups is 1. The van der Waals surface area contributed by atoms with E-state index in [1.807, 2.05) is 12.1 Å². The molecule has 0 saturated heterocycles. The molecule has 2 aromatic rings. The number of thiophene rings is 1. The smallest absolute Gasteiger partial charge is 0.193 e. The number of hydrogen-bond acceptors (Lipinski definition) is 3. The third-order valence-electron chi connectivity index (χ3n) is 3.55. The second-order valence-corrected chi connectivity index (χ2v) is 6.21. The van der Waals surface area contributed by atoms with E-state index in [4.69, 9.17) is 11.0 Å². The van der Waals surface area contributed by atoms with E-state index in [0.717, 1.165) is 17.0 Å². The first-order chi connectivity index (χ1) is 10.2. The zero-order valence-corrected chi connectivity index (χ0v) is 12.4. The van der Waals surface area contributed by atoms with Gasteiger partial charge in [0.15, 0.2) is 5.96 Å². The number of fused-ring (bicyclic) bond motifs is 1. The summed E-state index contributed by atoms with van der Waals surface area (Å²) in [7, 11) is 0. The summed E-state index contributed by atoms with van der Waals surface area (Å²) < 4.78 is 0. The fraction of sp³-hybridized carbons (Fsp3) is 0.250. The van der Waals surface area contributed by atoms with E-state index >= 15 is 0 Å². The molecule has 0 aliphatic heterocycles. The van der Waals surface area contributed by atoms with Crippen molar-refractivity contribution >= 4 is 23.0 Å². The highest BCUT2D eigenvalue weighted by Gasteiger charge is 2.10. The summed E-state index contributed by atoms with van der Waals surface area (Å²) in [5, 5.41) is 11.9. The molecule has 5 heteroatoms. The number of aryl methyl sites for hydroxylation is 2.